The molecule has 156 valence electrons. The second kappa shape index (κ2) is 8.49. The summed E-state index contributed by atoms with van der Waals surface area (Å²) in [5, 5.41) is 0. The summed E-state index contributed by atoms with van der Waals surface area (Å²) in [6, 6.07) is 17.8. The Bertz CT molecular complexity index is 975. The third kappa shape index (κ3) is 3.92. The van der Waals surface area contributed by atoms with Crippen LogP contribution in [0, 0.1) is 0 Å². The lowest BCUT2D eigenvalue weighted by molar-refractivity contribution is -0.154. The van der Waals surface area contributed by atoms with E-state index in [4.69, 9.17) is 9.47 Å². The van der Waals surface area contributed by atoms with Gasteiger partial charge in [0, 0.05) is 18.5 Å². The highest BCUT2D eigenvalue weighted by Gasteiger charge is 2.53. The van der Waals surface area contributed by atoms with Gasteiger partial charge < -0.3 is 14.4 Å². The van der Waals surface area contributed by atoms with E-state index in [1.165, 1.54) is 11.1 Å². The second-order valence-corrected chi connectivity index (χ2v) is 8.37. The fraction of sp³-hybridized carbons (Fsp3) is 0.346. The lowest BCUT2D eigenvalue weighted by Crippen LogP contribution is -2.45. The summed E-state index contributed by atoms with van der Waals surface area (Å²) in [6.45, 7) is 7.14. The van der Waals surface area contributed by atoms with Crippen molar-refractivity contribution < 1.29 is 14.3 Å². The SMILES string of the molecule is CC(C)=CCN1C(=O)[C@@]2(CC(C)=CC[C@@H](COc3ccccc3)O2)c2ccccc21. The van der Waals surface area contributed by atoms with Crippen LogP contribution in [0.3, 0.4) is 0 Å². The molecule has 0 unspecified atom stereocenters. The number of carbonyl (C=O) groups excluding carboxylic acids is 1. The Morgan fingerprint density at radius 1 is 1.17 bits per heavy atom. The van der Waals surface area contributed by atoms with Gasteiger partial charge in [-0.1, -0.05) is 59.7 Å². The first kappa shape index (κ1) is 20.4. The van der Waals surface area contributed by atoms with Crippen molar-refractivity contribution >= 4 is 11.6 Å². The number of allylic oxidation sites excluding steroid dienone is 1. The molecule has 0 aliphatic carbocycles. The molecule has 0 aromatic heterocycles. The Hall–Kier alpha value is -2.85. The molecule has 2 aliphatic rings. The molecule has 0 saturated carbocycles. The van der Waals surface area contributed by atoms with Crippen molar-refractivity contribution in [3.8, 4) is 5.75 Å². The Balaban J connectivity index is 1.65. The maximum Gasteiger partial charge on any atom is 0.264 e. The van der Waals surface area contributed by atoms with E-state index in [1.54, 1.807) is 0 Å². The van der Waals surface area contributed by atoms with Gasteiger partial charge in [0.05, 0.1) is 11.8 Å². The Morgan fingerprint density at radius 2 is 1.90 bits per heavy atom. The summed E-state index contributed by atoms with van der Waals surface area (Å²) in [5.74, 6) is 0.823. The van der Waals surface area contributed by atoms with Crippen LogP contribution in [0.2, 0.25) is 0 Å². The third-order valence-electron chi connectivity index (χ3n) is 5.71. The molecule has 1 amide bonds. The van der Waals surface area contributed by atoms with E-state index in [2.05, 4.69) is 19.1 Å². The van der Waals surface area contributed by atoms with Crippen molar-refractivity contribution in [1.29, 1.82) is 0 Å². The van der Waals surface area contributed by atoms with Gasteiger partial charge in [-0.25, -0.2) is 0 Å². The second-order valence-electron chi connectivity index (χ2n) is 8.37. The van der Waals surface area contributed by atoms with Crippen LogP contribution in [0.4, 0.5) is 5.69 Å². The molecular formula is C26H29NO3. The smallest absolute Gasteiger partial charge is 0.264 e. The first-order chi connectivity index (χ1) is 14.5. The normalized spacial score (nSPS) is 23.0. The van der Waals surface area contributed by atoms with E-state index < -0.39 is 5.60 Å². The number of ether oxygens (including phenoxy) is 2. The minimum atomic E-state index is -0.992. The zero-order chi connectivity index (χ0) is 21.1. The van der Waals surface area contributed by atoms with Crippen LogP contribution in [0.15, 0.2) is 77.9 Å². The first-order valence-electron chi connectivity index (χ1n) is 10.6. The molecular weight excluding hydrogens is 374 g/mol. The van der Waals surface area contributed by atoms with Gasteiger partial charge in [-0.15, -0.1) is 0 Å². The van der Waals surface area contributed by atoms with Crippen molar-refractivity contribution in [2.75, 3.05) is 18.1 Å². The fourth-order valence-corrected chi connectivity index (χ4v) is 4.21. The molecule has 4 heteroatoms. The number of fused-ring (bicyclic) bond motifs is 2. The van der Waals surface area contributed by atoms with Gasteiger partial charge in [0.2, 0.25) is 0 Å². The van der Waals surface area contributed by atoms with Crippen molar-refractivity contribution in [3.63, 3.8) is 0 Å². The average molecular weight is 404 g/mol. The maximum atomic E-state index is 13.8. The number of para-hydroxylation sites is 2. The van der Waals surface area contributed by atoms with E-state index in [-0.39, 0.29) is 12.0 Å². The molecule has 30 heavy (non-hydrogen) atoms. The van der Waals surface area contributed by atoms with Gasteiger partial charge in [-0.05, 0) is 45.4 Å². The predicted octanol–water partition coefficient (Wildman–Crippen LogP) is 5.40. The maximum absolute atomic E-state index is 13.8. The molecule has 4 nitrogen and oxygen atoms in total. The number of nitrogens with zero attached hydrogens (tertiary/aromatic N) is 1. The number of amides is 1. The largest absolute Gasteiger partial charge is 0.491 e. The van der Waals surface area contributed by atoms with Crippen molar-refractivity contribution in [3.05, 3.63) is 83.5 Å². The van der Waals surface area contributed by atoms with Gasteiger partial charge in [0.1, 0.15) is 12.4 Å². The third-order valence-corrected chi connectivity index (χ3v) is 5.71. The van der Waals surface area contributed by atoms with E-state index >= 15 is 0 Å². The molecule has 2 aromatic carbocycles. The minimum Gasteiger partial charge on any atom is -0.491 e. The highest BCUT2D eigenvalue weighted by atomic mass is 16.6. The van der Waals surface area contributed by atoms with Crippen LogP contribution in [0.25, 0.3) is 0 Å². The lowest BCUT2D eigenvalue weighted by atomic mass is 9.88. The van der Waals surface area contributed by atoms with Crippen LogP contribution < -0.4 is 9.64 Å². The highest BCUT2D eigenvalue weighted by molar-refractivity contribution is 6.07. The van der Waals surface area contributed by atoms with Crippen molar-refractivity contribution in [2.45, 2.75) is 45.3 Å². The van der Waals surface area contributed by atoms with Gasteiger partial charge >= 0.3 is 0 Å². The summed E-state index contributed by atoms with van der Waals surface area (Å²) < 4.78 is 12.6. The van der Waals surface area contributed by atoms with Crippen molar-refractivity contribution in [1.82, 2.24) is 0 Å². The van der Waals surface area contributed by atoms with Gasteiger partial charge in [0.25, 0.3) is 5.91 Å². The number of anilines is 1. The van der Waals surface area contributed by atoms with Crippen LogP contribution in [0.1, 0.15) is 39.2 Å². The molecule has 2 aromatic rings. The molecule has 1 spiro atoms. The minimum absolute atomic E-state index is 0.0144. The zero-order valence-electron chi connectivity index (χ0n) is 17.9. The van der Waals surface area contributed by atoms with E-state index in [0.29, 0.717) is 19.6 Å². The molecule has 0 fully saturated rings. The molecule has 2 aliphatic heterocycles. The van der Waals surface area contributed by atoms with Crippen LogP contribution in [-0.4, -0.2) is 25.2 Å². The van der Waals surface area contributed by atoms with Crippen molar-refractivity contribution in [2.24, 2.45) is 0 Å². The molecule has 2 heterocycles. The predicted molar refractivity (Wildman–Crippen MR) is 120 cm³/mol. The van der Waals surface area contributed by atoms with Gasteiger partial charge in [-0.2, -0.15) is 0 Å². The topological polar surface area (TPSA) is 38.8 Å². The number of hydrogen-bond donors (Lipinski definition) is 0. The van der Waals surface area contributed by atoms with Gasteiger partial charge in [-0.3, -0.25) is 4.79 Å². The first-order valence-corrected chi connectivity index (χ1v) is 10.6. The quantitative estimate of drug-likeness (QED) is 0.628. The lowest BCUT2D eigenvalue weighted by Gasteiger charge is -2.31. The number of hydrogen-bond acceptors (Lipinski definition) is 3. The molecule has 4 rings (SSSR count). The van der Waals surface area contributed by atoms with E-state index in [1.807, 2.05) is 73.3 Å². The monoisotopic (exact) mass is 403 g/mol. The molecule has 0 saturated heterocycles. The number of rotatable bonds is 5. The fourth-order valence-electron chi connectivity index (χ4n) is 4.21. The summed E-state index contributed by atoms with van der Waals surface area (Å²) in [4.78, 5) is 15.6. The number of carbonyl (C=O) groups is 1. The van der Waals surface area contributed by atoms with E-state index in [0.717, 1.165) is 23.4 Å². The summed E-state index contributed by atoms with van der Waals surface area (Å²) >= 11 is 0. The molecule has 2 atom stereocenters. The van der Waals surface area contributed by atoms with Crippen LogP contribution in [-0.2, 0) is 15.1 Å². The average Bonchev–Trinajstić information content (AvgIpc) is 2.86. The molecule has 0 N–H and O–H groups in total. The highest BCUT2D eigenvalue weighted by Crippen LogP contribution is 2.48. The zero-order valence-corrected chi connectivity index (χ0v) is 17.9. The Morgan fingerprint density at radius 3 is 2.67 bits per heavy atom. The van der Waals surface area contributed by atoms with E-state index in [9.17, 15) is 4.79 Å². The van der Waals surface area contributed by atoms with Crippen LogP contribution >= 0.6 is 0 Å². The standard InChI is InChI=1S/C26H29NO3/c1-19(2)15-16-27-24-12-8-7-11-23(24)26(25(27)28)17-20(3)13-14-22(30-26)18-29-21-9-5-4-6-10-21/h4-13,15,22H,14,16-18H2,1-3H3/t22-,26+/m0/s1. The Labute approximate surface area is 178 Å². The van der Waals surface area contributed by atoms with Crippen LogP contribution in [0.5, 0.6) is 5.75 Å². The number of benzene rings is 2. The molecule has 0 bridgehead atoms. The van der Waals surface area contributed by atoms with Gasteiger partial charge in [0.15, 0.2) is 5.60 Å². The summed E-state index contributed by atoms with van der Waals surface area (Å²) in [7, 11) is 0. The summed E-state index contributed by atoms with van der Waals surface area (Å²) in [6.07, 6.45) is 5.36. The Kier molecular flexibility index (Phi) is 5.78. The summed E-state index contributed by atoms with van der Waals surface area (Å²) in [5.41, 5.74) is 3.26. The molecule has 0 radical (unpaired) electrons.